The summed E-state index contributed by atoms with van der Waals surface area (Å²) in [5, 5.41) is 21.6. The molecule has 0 spiro atoms. The topological polar surface area (TPSA) is 129 Å². The van der Waals surface area contributed by atoms with E-state index in [1.165, 1.54) is 10.5 Å². The van der Waals surface area contributed by atoms with Crippen molar-refractivity contribution in [2.45, 2.75) is 51.7 Å². The first kappa shape index (κ1) is 30.4. The Balaban J connectivity index is 1.44. The van der Waals surface area contributed by atoms with Crippen molar-refractivity contribution in [3.63, 3.8) is 0 Å². The van der Waals surface area contributed by atoms with Crippen LogP contribution < -0.4 is 19.4 Å². The second kappa shape index (κ2) is 12.8. The van der Waals surface area contributed by atoms with Gasteiger partial charge in [-0.05, 0) is 50.4 Å². The van der Waals surface area contributed by atoms with E-state index in [-0.39, 0.29) is 37.5 Å². The summed E-state index contributed by atoms with van der Waals surface area (Å²) in [4.78, 5) is 44.7. The highest BCUT2D eigenvalue weighted by molar-refractivity contribution is 5.98. The minimum atomic E-state index is -1.05. The van der Waals surface area contributed by atoms with Crippen LogP contribution in [0.1, 0.15) is 37.4 Å². The summed E-state index contributed by atoms with van der Waals surface area (Å²) in [6.45, 7) is 7.40. The van der Waals surface area contributed by atoms with Gasteiger partial charge in [0.05, 0.1) is 30.8 Å². The molecule has 3 aliphatic rings. The zero-order chi connectivity index (χ0) is 31.7. The first-order valence-electron chi connectivity index (χ1n) is 15.6. The lowest BCUT2D eigenvalue weighted by molar-refractivity contribution is -0.116. The van der Waals surface area contributed by atoms with Crippen LogP contribution in [0.5, 0.6) is 6.01 Å². The van der Waals surface area contributed by atoms with Crippen molar-refractivity contribution in [1.82, 2.24) is 19.8 Å². The van der Waals surface area contributed by atoms with E-state index in [4.69, 9.17) is 14.7 Å². The molecule has 2 aromatic carbocycles. The van der Waals surface area contributed by atoms with Gasteiger partial charge in [-0.15, -0.1) is 0 Å². The van der Waals surface area contributed by atoms with Gasteiger partial charge < -0.3 is 34.3 Å². The van der Waals surface area contributed by atoms with E-state index in [0.717, 1.165) is 35.8 Å². The van der Waals surface area contributed by atoms with Gasteiger partial charge in [-0.25, -0.2) is 4.79 Å². The molecular weight excluding hydrogens is 572 g/mol. The normalized spacial score (nSPS) is 20.6. The number of carbonyl (C=O) groups excluding carboxylic acids is 1. The van der Waals surface area contributed by atoms with Crippen LogP contribution in [-0.2, 0) is 11.3 Å². The maximum atomic E-state index is 13.3. The smallest absolute Gasteiger partial charge is 0.407 e. The zero-order valence-electron chi connectivity index (χ0n) is 26.1. The van der Waals surface area contributed by atoms with Gasteiger partial charge in [0.25, 0.3) is 0 Å². The predicted molar refractivity (Wildman–Crippen MR) is 172 cm³/mol. The molecular formula is C33H40N8O4. The third-order valence-electron chi connectivity index (χ3n) is 9.36. The van der Waals surface area contributed by atoms with Crippen LogP contribution in [0, 0.1) is 18.3 Å². The Morgan fingerprint density at radius 3 is 2.53 bits per heavy atom. The first-order chi connectivity index (χ1) is 21.7. The Morgan fingerprint density at radius 2 is 1.82 bits per heavy atom. The van der Waals surface area contributed by atoms with Crippen molar-refractivity contribution < 1.29 is 19.4 Å². The number of carbonyl (C=O) groups is 2. The summed E-state index contributed by atoms with van der Waals surface area (Å²) in [5.41, 5.74) is 3.53. The quantitative estimate of drug-likeness (QED) is 0.438. The molecule has 0 saturated carbocycles. The number of aryl methyl sites for hydroxylation is 1. The molecule has 12 heteroatoms. The maximum Gasteiger partial charge on any atom is 0.407 e. The summed E-state index contributed by atoms with van der Waals surface area (Å²) in [5.74, 6) is 0.407. The largest absolute Gasteiger partial charge is 0.465 e. The molecule has 0 aliphatic carbocycles. The van der Waals surface area contributed by atoms with Gasteiger partial charge in [0.1, 0.15) is 12.3 Å². The molecule has 2 amide bonds. The van der Waals surface area contributed by atoms with Gasteiger partial charge in [-0.2, -0.15) is 15.2 Å². The molecule has 0 bridgehead atoms. The van der Waals surface area contributed by atoms with E-state index in [1.807, 2.05) is 4.90 Å². The van der Waals surface area contributed by atoms with Crippen LogP contribution in [-0.4, -0.2) is 102 Å². The number of nitriles is 1. The second-order valence-electron chi connectivity index (χ2n) is 12.2. The number of benzene rings is 2. The number of hydrogen-bond acceptors (Lipinski definition) is 9. The molecule has 3 aromatic rings. The average molecular weight is 613 g/mol. The fourth-order valence-corrected chi connectivity index (χ4v) is 6.96. The SMILES string of the molecule is CC(=O)N1CCN(c2cccc3cccc(C)c23)Cc2nc(OC[C@@H]3CCCN3C)nc(N3CCN(C(=O)O)C(CC#N)C3)c21. The number of rotatable bonds is 6. The lowest BCUT2D eigenvalue weighted by atomic mass is 10.0. The van der Waals surface area contributed by atoms with Crippen molar-refractivity contribution in [3.05, 3.63) is 47.7 Å². The molecule has 1 N–H and O–H groups in total. The number of hydrogen-bond donors (Lipinski definition) is 1. The fraction of sp³-hybridized carbons (Fsp3) is 0.485. The van der Waals surface area contributed by atoms with E-state index in [2.05, 4.69) is 66.2 Å². The standard InChI is InChI=1S/C33H40N8O4/c1-22-7-4-8-24-9-5-11-28(29(22)24)38-15-17-40(23(2)42)30-27(20-38)35-32(45-21-26-10-6-14-37(26)3)36-31(30)39-16-18-41(33(43)44)25(19-39)12-13-34/h4-5,7-9,11,25-26H,6,10,12,14-21H2,1-3H3,(H,43,44)/t25?,26-/m0/s1. The van der Waals surface area contributed by atoms with Crippen LogP contribution in [0.15, 0.2) is 36.4 Å². The number of fused-ring (bicyclic) bond motifs is 2. The second-order valence-corrected chi connectivity index (χ2v) is 12.2. The van der Waals surface area contributed by atoms with Crippen molar-refractivity contribution in [1.29, 1.82) is 5.26 Å². The molecule has 6 rings (SSSR count). The number of likely N-dealkylation sites (N-methyl/N-ethyl adjacent to an activating group) is 1. The molecule has 45 heavy (non-hydrogen) atoms. The molecule has 1 aromatic heterocycles. The lowest BCUT2D eigenvalue weighted by Crippen LogP contribution is -2.55. The van der Waals surface area contributed by atoms with Crippen molar-refractivity contribution in [2.75, 3.05) is 67.6 Å². The van der Waals surface area contributed by atoms with Crippen molar-refractivity contribution in [3.8, 4) is 12.1 Å². The van der Waals surface area contributed by atoms with Gasteiger partial charge in [0.15, 0.2) is 5.82 Å². The first-order valence-corrected chi connectivity index (χ1v) is 15.6. The Labute approximate surface area is 263 Å². The number of aromatic nitrogens is 2. The summed E-state index contributed by atoms with van der Waals surface area (Å²) >= 11 is 0. The molecule has 12 nitrogen and oxygen atoms in total. The third kappa shape index (κ3) is 6.04. The van der Waals surface area contributed by atoms with Crippen molar-refractivity contribution in [2.24, 2.45) is 0 Å². The van der Waals surface area contributed by atoms with E-state index in [1.54, 1.807) is 11.8 Å². The highest BCUT2D eigenvalue weighted by atomic mass is 16.5. The Hall–Kier alpha value is -4.63. The Kier molecular flexibility index (Phi) is 8.63. The van der Waals surface area contributed by atoms with Gasteiger partial charge in [0.2, 0.25) is 5.91 Å². The number of amides is 2. The number of likely N-dealkylation sites (tertiary alicyclic amines) is 1. The summed E-state index contributed by atoms with van der Waals surface area (Å²) in [7, 11) is 2.09. The highest BCUT2D eigenvalue weighted by Gasteiger charge is 2.36. The molecule has 2 saturated heterocycles. The van der Waals surface area contributed by atoms with E-state index < -0.39 is 12.1 Å². The molecule has 3 aliphatic heterocycles. The molecule has 236 valence electrons. The minimum Gasteiger partial charge on any atom is -0.465 e. The van der Waals surface area contributed by atoms with E-state index in [9.17, 15) is 20.0 Å². The predicted octanol–water partition coefficient (Wildman–Crippen LogP) is 3.87. The van der Waals surface area contributed by atoms with E-state index in [0.29, 0.717) is 50.0 Å². The van der Waals surface area contributed by atoms with Gasteiger partial charge in [0, 0.05) is 56.8 Å². The minimum absolute atomic E-state index is 0.0536. The maximum absolute atomic E-state index is 13.3. The number of ether oxygens (including phenoxy) is 1. The van der Waals surface area contributed by atoms with Crippen LogP contribution in [0.4, 0.5) is 22.0 Å². The Bertz CT molecular complexity index is 1640. The van der Waals surface area contributed by atoms with E-state index >= 15 is 0 Å². The van der Waals surface area contributed by atoms with Crippen molar-refractivity contribution >= 4 is 40.0 Å². The number of carboxylic acid groups (broad SMARTS) is 1. The molecule has 2 atom stereocenters. The molecule has 2 fully saturated rings. The molecule has 4 heterocycles. The zero-order valence-corrected chi connectivity index (χ0v) is 26.1. The van der Waals surface area contributed by atoms with Gasteiger partial charge in [-0.3, -0.25) is 4.79 Å². The van der Waals surface area contributed by atoms with Gasteiger partial charge >= 0.3 is 12.1 Å². The average Bonchev–Trinajstić information content (AvgIpc) is 3.33. The van der Waals surface area contributed by atoms with Gasteiger partial charge in [-0.1, -0.05) is 30.3 Å². The molecule has 0 radical (unpaired) electrons. The molecule has 1 unspecified atom stereocenters. The number of piperazine rings is 1. The summed E-state index contributed by atoms with van der Waals surface area (Å²) in [6, 6.07) is 14.7. The number of anilines is 3. The van der Waals surface area contributed by atoms with Crippen LogP contribution in [0.2, 0.25) is 0 Å². The fourth-order valence-electron chi connectivity index (χ4n) is 6.96. The number of nitrogens with zero attached hydrogens (tertiary/aromatic N) is 8. The third-order valence-corrected chi connectivity index (χ3v) is 9.36. The van der Waals surface area contributed by atoms with Crippen LogP contribution >= 0.6 is 0 Å². The summed E-state index contributed by atoms with van der Waals surface area (Å²) < 4.78 is 6.29. The summed E-state index contributed by atoms with van der Waals surface area (Å²) in [6.07, 6.45) is 1.15. The Morgan fingerprint density at radius 1 is 1.04 bits per heavy atom. The highest BCUT2D eigenvalue weighted by Crippen LogP contribution is 2.39. The monoisotopic (exact) mass is 612 g/mol. The van der Waals surface area contributed by atoms with Crippen LogP contribution in [0.3, 0.4) is 0 Å². The lowest BCUT2D eigenvalue weighted by Gasteiger charge is -2.40. The van der Waals surface area contributed by atoms with Crippen LogP contribution in [0.25, 0.3) is 10.8 Å².